The number of rotatable bonds is 4. The molecule has 2 N–H and O–H groups in total. The van der Waals surface area contributed by atoms with E-state index in [2.05, 4.69) is 34.0 Å². The lowest BCUT2D eigenvalue weighted by atomic mass is 9.97. The van der Waals surface area contributed by atoms with E-state index < -0.39 is 0 Å². The molecule has 19 heavy (non-hydrogen) atoms. The van der Waals surface area contributed by atoms with Gasteiger partial charge in [0.1, 0.15) is 18.0 Å². The van der Waals surface area contributed by atoms with Crippen LogP contribution in [0.5, 0.6) is 0 Å². The van der Waals surface area contributed by atoms with Crippen LogP contribution in [0.15, 0.2) is 6.33 Å². The monoisotopic (exact) mass is 264 g/mol. The van der Waals surface area contributed by atoms with E-state index in [4.69, 9.17) is 0 Å². The molecule has 5 heteroatoms. The third kappa shape index (κ3) is 2.97. The molecule has 1 aromatic rings. The van der Waals surface area contributed by atoms with Crippen molar-refractivity contribution in [3.05, 3.63) is 11.9 Å². The van der Waals surface area contributed by atoms with Gasteiger partial charge in [-0.3, -0.25) is 0 Å². The second-order valence-corrected chi connectivity index (χ2v) is 5.50. The van der Waals surface area contributed by atoms with E-state index in [1.54, 1.807) is 6.33 Å². The molecule has 106 valence electrons. The molecule has 1 aromatic heterocycles. The molecule has 1 saturated heterocycles. The molecule has 0 bridgehead atoms. The molecule has 2 rings (SSSR count). The van der Waals surface area contributed by atoms with Gasteiger partial charge in [0.05, 0.1) is 0 Å². The average Bonchev–Trinajstić information content (AvgIpc) is 2.46. The molecule has 1 aliphatic rings. The summed E-state index contributed by atoms with van der Waals surface area (Å²) in [6, 6.07) is 0. The Morgan fingerprint density at radius 2 is 2.26 bits per heavy atom. The molecule has 0 aromatic carbocycles. The van der Waals surface area contributed by atoms with Crippen LogP contribution in [-0.2, 0) is 0 Å². The third-order valence-electron chi connectivity index (χ3n) is 3.75. The van der Waals surface area contributed by atoms with E-state index in [1.807, 2.05) is 7.05 Å². The topological polar surface area (TPSA) is 61.3 Å². The minimum absolute atomic E-state index is 0.261. The van der Waals surface area contributed by atoms with Gasteiger partial charge in [-0.25, -0.2) is 9.97 Å². The summed E-state index contributed by atoms with van der Waals surface area (Å²) in [5, 5.41) is 12.5. The van der Waals surface area contributed by atoms with Crippen molar-refractivity contribution < 1.29 is 5.11 Å². The number of nitrogens with one attached hydrogen (secondary N) is 1. The SMILES string of the molecule is CNc1ncnc(N2CCCC(CO)C2)c1C(C)C. The number of nitrogens with zero attached hydrogens (tertiary/aromatic N) is 3. The zero-order chi connectivity index (χ0) is 13.8. The van der Waals surface area contributed by atoms with Crippen molar-refractivity contribution in [2.24, 2.45) is 5.92 Å². The number of anilines is 2. The predicted molar refractivity (Wildman–Crippen MR) is 77.7 cm³/mol. The minimum Gasteiger partial charge on any atom is -0.396 e. The molecule has 0 saturated carbocycles. The molecule has 0 aliphatic carbocycles. The first kappa shape index (κ1) is 14.1. The number of hydrogen-bond acceptors (Lipinski definition) is 5. The van der Waals surface area contributed by atoms with Crippen molar-refractivity contribution in [2.75, 3.05) is 37.0 Å². The van der Waals surface area contributed by atoms with E-state index >= 15 is 0 Å². The summed E-state index contributed by atoms with van der Waals surface area (Å²) in [4.78, 5) is 11.1. The van der Waals surface area contributed by atoms with E-state index in [0.29, 0.717) is 11.8 Å². The van der Waals surface area contributed by atoms with Gasteiger partial charge in [-0.2, -0.15) is 0 Å². The quantitative estimate of drug-likeness (QED) is 0.869. The zero-order valence-electron chi connectivity index (χ0n) is 12.1. The van der Waals surface area contributed by atoms with Crippen LogP contribution in [0, 0.1) is 5.92 Å². The van der Waals surface area contributed by atoms with Gasteiger partial charge in [0.2, 0.25) is 0 Å². The van der Waals surface area contributed by atoms with Crippen molar-refractivity contribution in [1.82, 2.24) is 9.97 Å². The van der Waals surface area contributed by atoms with Crippen molar-refractivity contribution in [2.45, 2.75) is 32.6 Å². The van der Waals surface area contributed by atoms with E-state index in [1.165, 1.54) is 5.56 Å². The highest BCUT2D eigenvalue weighted by Crippen LogP contribution is 2.32. The van der Waals surface area contributed by atoms with Crippen molar-refractivity contribution >= 4 is 11.6 Å². The standard InChI is InChI=1S/C14H24N4O/c1-10(2)12-13(15-3)16-9-17-14(12)18-6-4-5-11(7-18)8-19/h9-11,19H,4-8H2,1-3H3,(H,15,16,17). The molecule has 0 radical (unpaired) electrons. The Morgan fingerprint density at radius 1 is 1.47 bits per heavy atom. The Hall–Kier alpha value is -1.36. The number of piperidine rings is 1. The summed E-state index contributed by atoms with van der Waals surface area (Å²) in [6.45, 7) is 6.48. The first-order valence-electron chi connectivity index (χ1n) is 7.05. The molecule has 1 aliphatic heterocycles. The minimum atomic E-state index is 0.261. The number of aromatic nitrogens is 2. The van der Waals surface area contributed by atoms with Gasteiger partial charge >= 0.3 is 0 Å². The maximum Gasteiger partial charge on any atom is 0.137 e. The number of aliphatic hydroxyl groups excluding tert-OH is 1. The van der Waals surface area contributed by atoms with Crippen LogP contribution in [0.2, 0.25) is 0 Å². The van der Waals surface area contributed by atoms with Gasteiger partial charge in [0.25, 0.3) is 0 Å². The number of hydrogen-bond donors (Lipinski definition) is 2. The highest BCUT2D eigenvalue weighted by molar-refractivity contribution is 5.60. The summed E-state index contributed by atoms with van der Waals surface area (Å²) >= 11 is 0. The maximum atomic E-state index is 9.36. The Kier molecular flexibility index (Phi) is 4.58. The molecule has 1 fully saturated rings. The third-order valence-corrected chi connectivity index (χ3v) is 3.75. The van der Waals surface area contributed by atoms with Gasteiger partial charge in [-0.1, -0.05) is 13.8 Å². The van der Waals surface area contributed by atoms with Crippen LogP contribution in [-0.4, -0.2) is 41.8 Å². The zero-order valence-corrected chi connectivity index (χ0v) is 12.1. The molecule has 2 heterocycles. The molecular weight excluding hydrogens is 240 g/mol. The summed E-state index contributed by atoms with van der Waals surface area (Å²) < 4.78 is 0. The summed E-state index contributed by atoms with van der Waals surface area (Å²) in [5.74, 6) is 2.66. The van der Waals surface area contributed by atoms with Crippen LogP contribution in [0.4, 0.5) is 11.6 Å². The number of aliphatic hydroxyl groups is 1. The van der Waals surface area contributed by atoms with Crippen LogP contribution in [0.3, 0.4) is 0 Å². The highest BCUT2D eigenvalue weighted by Gasteiger charge is 2.24. The molecular formula is C14H24N4O. The van der Waals surface area contributed by atoms with E-state index in [9.17, 15) is 5.11 Å². The van der Waals surface area contributed by atoms with Crippen molar-refractivity contribution in [1.29, 1.82) is 0 Å². The summed E-state index contributed by atoms with van der Waals surface area (Å²) in [7, 11) is 1.89. The Labute approximate surface area is 115 Å². The molecule has 0 amide bonds. The fourth-order valence-corrected chi connectivity index (χ4v) is 2.78. The van der Waals surface area contributed by atoms with E-state index in [-0.39, 0.29) is 6.61 Å². The molecule has 5 nitrogen and oxygen atoms in total. The lowest BCUT2D eigenvalue weighted by Gasteiger charge is -2.34. The van der Waals surface area contributed by atoms with E-state index in [0.717, 1.165) is 37.6 Å². The molecule has 0 spiro atoms. The predicted octanol–water partition coefficient (Wildman–Crippen LogP) is 1.85. The van der Waals surface area contributed by atoms with Crippen LogP contribution in [0.25, 0.3) is 0 Å². The maximum absolute atomic E-state index is 9.36. The first-order valence-corrected chi connectivity index (χ1v) is 7.05. The largest absolute Gasteiger partial charge is 0.396 e. The van der Waals surface area contributed by atoms with Crippen LogP contribution < -0.4 is 10.2 Å². The smallest absolute Gasteiger partial charge is 0.137 e. The Morgan fingerprint density at radius 3 is 2.89 bits per heavy atom. The first-order chi connectivity index (χ1) is 9.17. The van der Waals surface area contributed by atoms with Gasteiger partial charge < -0.3 is 15.3 Å². The van der Waals surface area contributed by atoms with Gasteiger partial charge in [-0.05, 0) is 24.7 Å². The lowest BCUT2D eigenvalue weighted by Crippen LogP contribution is -2.38. The molecule has 1 unspecified atom stereocenters. The fourth-order valence-electron chi connectivity index (χ4n) is 2.78. The summed E-state index contributed by atoms with van der Waals surface area (Å²) in [5.41, 5.74) is 1.17. The molecule has 1 atom stereocenters. The van der Waals surface area contributed by atoms with Crippen LogP contribution >= 0.6 is 0 Å². The average molecular weight is 264 g/mol. The van der Waals surface area contributed by atoms with Crippen molar-refractivity contribution in [3.8, 4) is 0 Å². The van der Waals surface area contributed by atoms with Gasteiger partial charge in [-0.15, -0.1) is 0 Å². The Bertz CT molecular complexity index is 422. The second-order valence-electron chi connectivity index (χ2n) is 5.50. The van der Waals surface area contributed by atoms with Gasteiger partial charge in [0, 0.05) is 32.3 Å². The van der Waals surface area contributed by atoms with Crippen molar-refractivity contribution in [3.63, 3.8) is 0 Å². The second kappa shape index (κ2) is 6.19. The Balaban J connectivity index is 2.33. The van der Waals surface area contributed by atoms with Crippen LogP contribution in [0.1, 0.15) is 38.2 Å². The lowest BCUT2D eigenvalue weighted by molar-refractivity contribution is 0.208. The normalized spacial score (nSPS) is 19.8. The fraction of sp³-hybridized carbons (Fsp3) is 0.714. The van der Waals surface area contributed by atoms with Gasteiger partial charge in [0.15, 0.2) is 0 Å². The summed E-state index contributed by atoms with van der Waals surface area (Å²) in [6.07, 6.45) is 3.84. The highest BCUT2D eigenvalue weighted by atomic mass is 16.3.